The molecule has 0 radical (unpaired) electrons. The highest BCUT2D eigenvalue weighted by atomic mass is 16.7. The van der Waals surface area contributed by atoms with Crippen LogP contribution in [-0.4, -0.2) is 89.0 Å². The molecule has 1 rings (SSSR count). The molecule has 10 heteroatoms. The van der Waals surface area contributed by atoms with E-state index in [-0.39, 0.29) is 26.1 Å². The van der Waals surface area contributed by atoms with Gasteiger partial charge in [-0.1, -0.05) is 177 Å². The first kappa shape index (κ1) is 58.2. The first-order chi connectivity index (χ1) is 30.8. The Morgan fingerprint density at radius 2 is 0.889 bits per heavy atom. The first-order valence-electron chi connectivity index (χ1n) is 25.0. The third-order valence-electron chi connectivity index (χ3n) is 11.1. The summed E-state index contributed by atoms with van der Waals surface area (Å²) in [4.78, 5) is 25.4. The van der Waals surface area contributed by atoms with Crippen LogP contribution in [0.3, 0.4) is 0 Å². The Labute approximate surface area is 383 Å². The van der Waals surface area contributed by atoms with Crippen LogP contribution in [0.25, 0.3) is 0 Å². The van der Waals surface area contributed by atoms with E-state index in [1.54, 1.807) is 0 Å². The third-order valence-corrected chi connectivity index (χ3v) is 11.1. The van der Waals surface area contributed by atoms with Crippen LogP contribution in [0.1, 0.15) is 194 Å². The fourth-order valence-electron chi connectivity index (χ4n) is 7.10. The lowest BCUT2D eigenvalue weighted by Gasteiger charge is -2.39. The number of allylic oxidation sites excluding steroid dienone is 12. The molecule has 0 aromatic heterocycles. The molecule has 0 spiro atoms. The number of hydrogen-bond acceptors (Lipinski definition) is 10. The van der Waals surface area contributed by atoms with Crippen molar-refractivity contribution in [3.8, 4) is 0 Å². The summed E-state index contributed by atoms with van der Waals surface area (Å²) in [6.07, 6.45) is 47.8. The van der Waals surface area contributed by atoms with E-state index in [4.69, 9.17) is 18.9 Å². The van der Waals surface area contributed by atoms with Gasteiger partial charge in [0.25, 0.3) is 0 Å². The molecule has 2 unspecified atom stereocenters. The van der Waals surface area contributed by atoms with Crippen molar-refractivity contribution in [2.45, 2.75) is 230 Å². The Balaban J connectivity index is 2.37. The smallest absolute Gasteiger partial charge is 0.306 e. The second-order valence-corrected chi connectivity index (χ2v) is 16.9. The zero-order chi connectivity index (χ0) is 45.9. The van der Waals surface area contributed by atoms with Gasteiger partial charge < -0.3 is 39.4 Å². The molecule has 0 aliphatic carbocycles. The first-order valence-corrected chi connectivity index (χ1v) is 25.0. The molecule has 362 valence electrons. The Bertz CT molecular complexity index is 1250. The van der Waals surface area contributed by atoms with Gasteiger partial charge in [0.2, 0.25) is 0 Å². The lowest BCUT2D eigenvalue weighted by Crippen LogP contribution is -2.59. The van der Waals surface area contributed by atoms with Gasteiger partial charge in [0, 0.05) is 12.8 Å². The predicted molar refractivity (Wildman–Crippen MR) is 256 cm³/mol. The van der Waals surface area contributed by atoms with Crippen LogP contribution in [-0.2, 0) is 28.5 Å². The monoisotopic (exact) mass is 887 g/mol. The largest absolute Gasteiger partial charge is 0.462 e. The quantitative estimate of drug-likeness (QED) is 0.0265. The van der Waals surface area contributed by atoms with E-state index in [1.165, 1.54) is 109 Å². The van der Waals surface area contributed by atoms with E-state index in [9.17, 15) is 30.0 Å². The van der Waals surface area contributed by atoms with Crippen LogP contribution in [0.2, 0.25) is 0 Å². The predicted octanol–water partition coefficient (Wildman–Crippen LogP) is 11.6. The average molecular weight is 887 g/mol. The van der Waals surface area contributed by atoms with Crippen LogP contribution >= 0.6 is 0 Å². The number of hydrogen-bond donors (Lipinski definition) is 4. The topological polar surface area (TPSA) is 152 Å². The lowest BCUT2D eigenvalue weighted by molar-refractivity contribution is -0.305. The number of carbonyl (C=O) groups excluding carboxylic acids is 2. The Hall–Kier alpha value is -2.86. The van der Waals surface area contributed by atoms with Crippen LogP contribution in [0.4, 0.5) is 0 Å². The van der Waals surface area contributed by atoms with Gasteiger partial charge in [-0.05, 0) is 77.0 Å². The number of rotatable bonds is 41. The maximum atomic E-state index is 12.8. The van der Waals surface area contributed by atoms with Crippen molar-refractivity contribution in [1.29, 1.82) is 0 Å². The number of esters is 2. The number of unbranched alkanes of at least 4 members (excludes halogenated alkanes) is 18. The SMILES string of the molecule is CCCCCCCCC/C=C/C/C=C/C/C=C/C/C=C/CCCC(=O)O[C@H](COC(=O)CCC/C=C/C/C=C/CCCCCCCCCCC)CO[C@@H]1O[C@H](CO)[C@H](O)C(O)C1O. The minimum atomic E-state index is -1.61. The molecule has 1 saturated heterocycles. The van der Waals surface area contributed by atoms with Gasteiger partial charge in [-0.3, -0.25) is 9.59 Å². The molecular weight excluding hydrogens is 797 g/mol. The third kappa shape index (κ3) is 34.2. The molecule has 1 aliphatic rings. The van der Waals surface area contributed by atoms with Gasteiger partial charge in [-0.25, -0.2) is 0 Å². The molecule has 0 amide bonds. The molecule has 1 heterocycles. The summed E-state index contributed by atoms with van der Waals surface area (Å²) in [5.41, 5.74) is 0. The molecule has 1 aliphatic heterocycles. The molecule has 6 atom stereocenters. The highest BCUT2D eigenvalue weighted by Crippen LogP contribution is 2.22. The maximum absolute atomic E-state index is 12.8. The minimum absolute atomic E-state index is 0.143. The van der Waals surface area contributed by atoms with E-state index in [2.05, 4.69) is 80.7 Å². The molecule has 63 heavy (non-hydrogen) atoms. The average Bonchev–Trinajstić information content (AvgIpc) is 3.28. The summed E-state index contributed by atoms with van der Waals surface area (Å²) >= 11 is 0. The second-order valence-electron chi connectivity index (χ2n) is 16.9. The normalized spacial score (nSPS) is 20.1. The zero-order valence-corrected chi connectivity index (χ0v) is 39.6. The molecule has 4 N–H and O–H groups in total. The minimum Gasteiger partial charge on any atom is -0.462 e. The van der Waals surface area contributed by atoms with Crippen LogP contribution in [0.5, 0.6) is 0 Å². The maximum Gasteiger partial charge on any atom is 0.306 e. The molecular formula is C53H90O10. The Morgan fingerprint density at radius 3 is 1.33 bits per heavy atom. The van der Waals surface area contributed by atoms with Gasteiger partial charge >= 0.3 is 11.9 Å². The number of aliphatic hydroxyl groups is 4. The van der Waals surface area contributed by atoms with Crippen molar-refractivity contribution in [3.63, 3.8) is 0 Å². The lowest BCUT2D eigenvalue weighted by atomic mass is 9.99. The number of aliphatic hydroxyl groups excluding tert-OH is 4. The summed E-state index contributed by atoms with van der Waals surface area (Å²) < 4.78 is 22.1. The van der Waals surface area contributed by atoms with Gasteiger partial charge in [-0.2, -0.15) is 0 Å². The summed E-state index contributed by atoms with van der Waals surface area (Å²) in [6, 6.07) is 0. The molecule has 0 aromatic carbocycles. The standard InChI is InChI=1S/C53H90O10/c1-3-5-7-9-11-13-15-17-19-21-22-23-24-26-28-30-32-34-36-38-40-42-49(56)62-46(45-61-53-52(59)51(58)50(57)47(43-54)63-53)44-60-48(55)41-39-37-35-33-31-29-27-25-20-18-16-14-12-10-8-6-4-2/h19,21,23-24,27-30,33-36,46-47,50-54,57-59H,3-18,20,22,25-26,31-32,37-45H2,1-2H3/b21-19+,24-23+,29-27+,30-28+,35-33+,36-34+/t46-,47-,50+,51?,52?,53-/m1/s1. The van der Waals surface area contributed by atoms with E-state index >= 15 is 0 Å². The van der Waals surface area contributed by atoms with Gasteiger partial charge in [0.1, 0.15) is 31.0 Å². The summed E-state index contributed by atoms with van der Waals surface area (Å²) in [5, 5.41) is 40.1. The Kier molecular flexibility index (Phi) is 39.7. The summed E-state index contributed by atoms with van der Waals surface area (Å²) in [5.74, 6) is -0.927. The van der Waals surface area contributed by atoms with Gasteiger partial charge in [0.15, 0.2) is 12.4 Å². The van der Waals surface area contributed by atoms with Crippen LogP contribution < -0.4 is 0 Å². The summed E-state index contributed by atoms with van der Waals surface area (Å²) in [7, 11) is 0. The molecule has 0 bridgehead atoms. The van der Waals surface area contributed by atoms with Gasteiger partial charge in [0.05, 0.1) is 13.2 Å². The van der Waals surface area contributed by atoms with E-state index in [0.29, 0.717) is 19.3 Å². The molecule has 0 saturated carbocycles. The van der Waals surface area contributed by atoms with Crippen molar-refractivity contribution in [2.24, 2.45) is 0 Å². The van der Waals surface area contributed by atoms with Crippen molar-refractivity contribution in [1.82, 2.24) is 0 Å². The van der Waals surface area contributed by atoms with Crippen molar-refractivity contribution in [3.05, 3.63) is 72.9 Å². The Morgan fingerprint density at radius 1 is 0.492 bits per heavy atom. The van der Waals surface area contributed by atoms with Crippen LogP contribution in [0.15, 0.2) is 72.9 Å². The fraction of sp³-hybridized carbons (Fsp3) is 0.736. The molecule has 0 aromatic rings. The summed E-state index contributed by atoms with van der Waals surface area (Å²) in [6.45, 7) is 3.33. The van der Waals surface area contributed by atoms with E-state index in [1.807, 2.05) is 6.08 Å². The second kappa shape index (κ2) is 43.1. The molecule has 10 nitrogen and oxygen atoms in total. The highest BCUT2D eigenvalue weighted by molar-refractivity contribution is 5.70. The van der Waals surface area contributed by atoms with Crippen molar-refractivity contribution < 1.29 is 49.0 Å². The highest BCUT2D eigenvalue weighted by Gasteiger charge is 2.44. The zero-order valence-electron chi connectivity index (χ0n) is 39.6. The number of ether oxygens (including phenoxy) is 4. The van der Waals surface area contributed by atoms with Crippen molar-refractivity contribution in [2.75, 3.05) is 19.8 Å². The van der Waals surface area contributed by atoms with E-state index < -0.39 is 55.4 Å². The van der Waals surface area contributed by atoms with Gasteiger partial charge in [-0.15, -0.1) is 0 Å². The number of carbonyl (C=O) groups is 2. The fourth-order valence-corrected chi connectivity index (χ4v) is 7.10. The van der Waals surface area contributed by atoms with Crippen molar-refractivity contribution >= 4 is 11.9 Å². The van der Waals surface area contributed by atoms with Crippen LogP contribution in [0, 0.1) is 0 Å². The van der Waals surface area contributed by atoms with E-state index in [0.717, 1.165) is 38.5 Å². The molecule has 1 fully saturated rings.